The van der Waals surface area contributed by atoms with Gasteiger partial charge in [-0.25, -0.2) is 4.98 Å². The van der Waals surface area contributed by atoms with E-state index in [-0.39, 0.29) is 5.69 Å². The van der Waals surface area contributed by atoms with Crippen LogP contribution in [0.15, 0.2) is 42.6 Å². The summed E-state index contributed by atoms with van der Waals surface area (Å²) in [6.07, 6.45) is 2.30. The van der Waals surface area contributed by atoms with Crippen molar-refractivity contribution < 1.29 is 9.66 Å². The minimum Gasteiger partial charge on any atom is -0.496 e. The number of fused-ring (bicyclic) bond motifs is 1. The molecule has 0 radical (unpaired) electrons. The van der Waals surface area contributed by atoms with E-state index < -0.39 is 4.92 Å². The Bertz CT molecular complexity index is 1020. The molecule has 0 aliphatic heterocycles. The summed E-state index contributed by atoms with van der Waals surface area (Å²) < 4.78 is 5.55. The average Bonchev–Trinajstić information content (AvgIpc) is 2.70. The monoisotopic (exact) mass is 399 g/mol. The molecule has 2 aromatic carbocycles. The third kappa shape index (κ3) is 4.02. The number of nitrogens with one attached hydrogen (secondary N) is 1. The maximum atomic E-state index is 11.5. The fourth-order valence-electron chi connectivity index (χ4n) is 3.11. The average molecular weight is 400 g/mol. The zero-order chi connectivity index (χ0) is 20.3. The van der Waals surface area contributed by atoms with Crippen LogP contribution in [0.2, 0.25) is 5.02 Å². The van der Waals surface area contributed by atoms with Crippen LogP contribution in [-0.4, -0.2) is 17.0 Å². The van der Waals surface area contributed by atoms with Crippen molar-refractivity contribution in [2.45, 2.75) is 32.7 Å². The van der Waals surface area contributed by atoms with Gasteiger partial charge in [0.25, 0.3) is 0 Å². The lowest BCUT2D eigenvalue weighted by atomic mass is 9.97. The van der Waals surface area contributed by atoms with E-state index in [1.54, 1.807) is 25.3 Å². The highest BCUT2D eigenvalue weighted by atomic mass is 35.5. The second-order valence-corrected chi connectivity index (χ2v) is 7.11. The van der Waals surface area contributed by atoms with E-state index in [0.29, 0.717) is 34.1 Å². The summed E-state index contributed by atoms with van der Waals surface area (Å²) in [7, 11) is 1.63. The molecule has 28 heavy (non-hydrogen) atoms. The number of benzene rings is 2. The van der Waals surface area contributed by atoms with Crippen molar-refractivity contribution in [3.8, 4) is 5.75 Å². The van der Waals surface area contributed by atoms with Gasteiger partial charge in [-0.1, -0.05) is 37.6 Å². The lowest BCUT2D eigenvalue weighted by molar-refractivity contribution is -0.384. The van der Waals surface area contributed by atoms with Crippen LogP contribution < -0.4 is 10.1 Å². The number of methoxy groups -OCH3 is 1. The first-order valence-electron chi connectivity index (χ1n) is 9.08. The smallest absolute Gasteiger partial charge is 0.311 e. The number of anilines is 1. The number of nitrogens with zero attached hydrogens (tertiary/aromatic N) is 2. The van der Waals surface area contributed by atoms with E-state index in [4.69, 9.17) is 16.3 Å². The molecule has 0 saturated carbocycles. The Morgan fingerprint density at radius 1 is 1.29 bits per heavy atom. The van der Waals surface area contributed by atoms with E-state index in [9.17, 15) is 10.1 Å². The number of ether oxygens (including phenoxy) is 1. The summed E-state index contributed by atoms with van der Waals surface area (Å²) in [5.41, 5.74) is 3.05. The topological polar surface area (TPSA) is 77.3 Å². The molecule has 3 aromatic rings. The van der Waals surface area contributed by atoms with Crippen LogP contribution >= 0.6 is 11.6 Å². The second kappa shape index (κ2) is 8.44. The van der Waals surface area contributed by atoms with Gasteiger partial charge in [-0.15, -0.1) is 0 Å². The standard InChI is InChI=1S/C21H22ClN3O3/c1-4-13(2)14-5-6-15(20(9-14)28-3)11-24-21-17-10-16(22)7-8-18(17)23-12-19(21)25(26)27/h5-10,12-13H,4,11H2,1-3H3,(H,23,24). The molecule has 7 heteroatoms. The van der Waals surface area contributed by atoms with Crippen LogP contribution in [-0.2, 0) is 6.54 Å². The Kier molecular flexibility index (Phi) is 5.99. The van der Waals surface area contributed by atoms with E-state index >= 15 is 0 Å². The second-order valence-electron chi connectivity index (χ2n) is 6.67. The molecule has 6 nitrogen and oxygen atoms in total. The third-order valence-electron chi connectivity index (χ3n) is 4.95. The Morgan fingerprint density at radius 3 is 2.75 bits per heavy atom. The number of hydrogen-bond donors (Lipinski definition) is 1. The van der Waals surface area contributed by atoms with Crippen molar-refractivity contribution in [1.29, 1.82) is 0 Å². The Morgan fingerprint density at radius 2 is 2.07 bits per heavy atom. The van der Waals surface area contributed by atoms with Crippen LogP contribution in [0.4, 0.5) is 11.4 Å². The van der Waals surface area contributed by atoms with Crippen LogP contribution in [0, 0.1) is 10.1 Å². The first-order chi connectivity index (χ1) is 13.4. The molecular weight excluding hydrogens is 378 g/mol. The van der Waals surface area contributed by atoms with Gasteiger partial charge in [-0.3, -0.25) is 10.1 Å². The van der Waals surface area contributed by atoms with Gasteiger partial charge < -0.3 is 10.1 Å². The molecular formula is C21H22ClN3O3. The molecule has 0 bridgehead atoms. The Labute approximate surface area is 168 Å². The fourth-order valence-corrected chi connectivity index (χ4v) is 3.28. The highest BCUT2D eigenvalue weighted by Gasteiger charge is 2.19. The molecule has 0 spiro atoms. The number of hydrogen-bond acceptors (Lipinski definition) is 5. The van der Waals surface area contributed by atoms with Crippen LogP contribution in [0.25, 0.3) is 10.9 Å². The lowest BCUT2D eigenvalue weighted by Crippen LogP contribution is -2.06. The number of nitro groups is 1. The normalized spacial score (nSPS) is 12.0. The molecule has 1 atom stereocenters. The van der Waals surface area contributed by atoms with Crippen LogP contribution in [0.5, 0.6) is 5.75 Å². The molecule has 1 aromatic heterocycles. The van der Waals surface area contributed by atoms with Crippen molar-refractivity contribution in [1.82, 2.24) is 4.98 Å². The first kappa shape index (κ1) is 19.9. The van der Waals surface area contributed by atoms with Gasteiger partial charge in [0, 0.05) is 22.5 Å². The van der Waals surface area contributed by atoms with Gasteiger partial charge in [0.1, 0.15) is 17.6 Å². The molecule has 1 N–H and O–H groups in total. The van der Waals surface area contributed by atoms with Gasteiger partial charge in [0.05, 0.1) is 17.5 Å². The minimum absolute atomic E-state index is 0.0926. The molecule has 3 rings (SSSR count). The number of halogens is 1. The van der Waals surface area contributed by atoms with Gasteiger partial charge >= 0.3 is 5.69 Å². The largest absolute Gasteiger partial charge is 0.496 e. The zero-order valence-corrected chi connectivity index (χ0v) is 16.8. The molecule has 0 aliphatic carbocycles. The van der Waals surface area contributed by atoms with Crippen molar-refractivity contribution in [3.05, 3.63) is 68.9 Å². The summed E-state index contributed by atoms with van der Waals surface area (Å²) in [5, 5.41) is 15.8. The maximum absolute atomic E-state index is 11.5. The fraction of sp³-hybridized carbons (Fsp3) is 0.286. The Hall–Kier alpha value is -2.86. The van der Waals surface area contributed by atoms with E-state index in [1.165, 1.54) is 11.8 Å². The van der Waals surface area contributed by atoms with Crippen molar-refractivity contribution in [2.24, 2.45) is 0 Å². The number of rotatable bonds is 7. The molecule has 146 valence electrons. The van der Waals surface area contributed by atoms with Gasteiger partial charge in [-0.2, -0.15) is 0 Å². The molecule has 0 aliphatic rings. The summed E-state index contributed by atoms with van der Waals surface area (Å²) in [6.45, 7) is 4.69. The summed E-state index contributed by atoms with van der Waals surface area (Å²) >= 11 is 6.10. The SMILES string of the molecule is CCC(C)c1ccc(CNc2c([N+](=O)[O-])cnc3ccc(Cl)cc23)c(OC)c1. The van der Waals surface area contributed by atoms with Crippen molar-refractivity contribution in [2.75, 3.05) is 12.4 Å². The predicted octanol–water partition coefficient (Wildman–Crippen LogP) is 5.93. The summed E-state index contributed by atoms with van der Waals surface area (Å²) in [4.78, 5) is 15.2. The van der Waals surface area contributed by atoms with Crippen molar-refractivity contribution >= 4 is 33.9 Å². The quantitative estimate of drug-likeness (QED) is 0.393. The molecule has 1 unspecified atom stereocenters. The summed E-state index contributed by atoms with van der Waals surface area (Å²) in [5.74, 6) is 1.19. The molecule has 0 saturated heterocycles. The maximum Gasteiger partial charge on any atom is 0.311 e. The number of aromatic nitrogens is 1. The van der Waals surface area contributed by atoms with Gasteiger partial charge in [-0.05, 0) is 42.2 Å². The lowest BCUT2D eigenvalue weighted by Gasteiger charge is -2.16. The van der Waals surface area contributed by atoms with Crippen molar-refractivity contribution in [3.63, 3.8) is 0 Å². The minimum atomic E-state index is -0.445. The molecule has 1 heterocycles. The third-order valence-corrected chi connectivity index (χ3v) is 5.19. The Balaban J connectivity index is 1.98. The highest BCUT2D eigenvalue weighted by molar-refractivity contribution is 6.31. The zero-order valence-electron chi connectivity index (χ0n) is 16.0. The van der Waals surface area contributed by atoms with Gasteiger partial charge in [0.15, 0.2) is 0 Å². The van der Waals surface area contributed by atoms with E-state index in [1.807, 2.05) is 12.1 Å². The van der Waals surface area contributed by atoms with E-state index in [0.717, 1.165) is 17.7 Å². The highest BCUT2D eigenvalue weighted by Crippen LogP contribution is 2.34. The van der Waals surface area contributed by atoms with Crippen LogP contribution in [0.1, 0.15) is 37.3 Å². The first-order valence-corrected chi connectivity index (χ1v) is 9.45. The molecule has 0 amide bonds. The molecule has 0 fully saturated rings. The van der Waals surface area contributed by atoms with E-state index in [2.05, 4.69) is 30.2 Å². The number of pyridine rings is 1. The van der Waals surface area contributed by atoms with Crippen LogP contribution in [0.3, 0.4) is 0 Å². The summed E-state index contributed by atoms with van der Waals surface area (Å²) in [6, 6.07) is 11.2. The van der Waals surface area contributed by atoms with Gasteiger partial charge in [0.2, 0.25) is 0 Å². The predicted molar refractivity (Wildman–Crippen MR) is 112 cm³/mol.